The van der Waals surface area contributed by atoms with Gasteiger partial charge in [0.05, 0.1) is 6.04 Å². The third-order valence-electron chi connectivity index (χ3n) is 2.71. The van der Waals surface area contributed by atoms with Crippen molar-refractivity contribution in [3.8, 4) is 0 Å². The zero-order valence-corrected chi connectivity index (χ0v) is 12.6. The van der Waals surface area contributed by atoms with Gasteiger partial charge in [-0.2, -0.15) is 0 Å². The maximum atomic E-state index is 12.0. The van der Waals surface area contributed by atoms with E-state index in [4.69, 9.17) is 11.6 Å². The summed E-state index contributed by atoms with van der Waals surface area (Å²) >= 11 is 9.14. The summed E-state index contributed by atoms with van der Waals surface area (Å²) in [6, 6.07) is 10.9. The van der Waals surface area contributed by atoms with E-state index in [1.165, 1.54) is 6.20 Å². The fraction of sp³-hybridized carbons (Fsp3) is 0.143. The Hall–Kier alpha value is -1.39. The summed E-state index contributed by atoms with van der Waals surface area (Å²) in [7, 11) is 0. The van der Waals surface area contributed by atoms with Crippen LogP contribution in [0, 0.1) is 0 Å². The Morgan fingerprint density at radius 1 is 1.32 bits per heavy atom. The average molecular weight is 340 g/mol. The van der Waals surface area contributed by atoms with E-state index >= 15 is 0 Å². The molecule has 19 heavy (non-hydrogen) atoms. The third kappa shape index (κ3) is 3.78. The number of carbonyl (C=O) groups is 1. The molecule has 0 radical (unpaired) electrons. The van der Waals surface area contributed by atoms with Crippen molar-refractivity contribution < 1.29 is 4.79 Å². The van der Waals surface area contributed by atoms with E-state index in [1.807, 2.05) is 31.2 Å². The Kier molecular flexibility index (Phi) is 4.56. The Balaban J connectivity index is 2.08. The molecule has 3 nitrogen and oxygen atoms in total. The summed E-state index contributed by atoms with van der Waals surface area (Å²) in [5, 5.41) is 3.23. The van der Waals surface area contributed by atoms with Crippen LogP contribution in [0.1, 0.15) is 28.9 Å². The molecule has 0 saturated carbocycles. The summed E-state index contributed by atoms with van der Waals surface area (Å²) in [4.78, 5) is 15.9. The van der Waals surface area contributed by atoms with E-state index in [-0.39, 0.29) is 11.9 Å². The number of hydrogen-bond donors (Lipinski definition) is 1. The van der Waals surface area contributed by atoms with Crippen LogP contribution >= 0.6 is 27.5 Å². The van der Waals surface area contributed by atoms with Crippen LogP contribution in [0.3, 0.4) is 0 Å². The van der Waals surface area contributed by atoms with Crippen LogP contribution in [0.2, 0.25) is 5.15 Å². The molecule has 2 aromatic rings. The number of amides is 1. The van der Waals surface area contributed by atoms with Crippen LogP contribution in [-0.2, 0) is 0 Å². The lowest BCUT2D eigenvalue weighted by Crippen LogP contribution is -2.26. The van der Waals surface area contributed by atoms with E-state index in [0.717, 1.165) is 10.0 Å². The molecule has 1 N–H and O–H groups in total. The molecule has 1 atom stereocenters. The first-order valence-electron chi connectivity index (χ1n) is 5.74. The first kappa shape index (κ1) is 14.0. The molecule has 1 unspecified atom stereocenters. The number of nitrogens with one attached hydrogen (secondary N) is 1. The molecule has 0 bridgehead atoms. The first-order valence-corrected chi connectivity index (χ1v) is 6.91. The standard InChI is InChI=1S/C14H12BrClN2O/c1-9(10-2-4-12(15)5-3-10)18-14(19)11-6-7-17-13(16)8-11/h2-9H,1H3,(H,18,19). The van der Waals surface area contributed by atoms with E-state index < -0.39 is 0 Å². The number of carbonyl (C=O) groups excluding carboxylic acids is 1. The lowest BCUT2D eigenvalue weighted by atomic mass is 10.1. The summed E-state index contributed by atoms with van der Waals surface area (Å²) in [5.41, 5.74) is 1.54. The van der Waals surface area contributed by atoms with Gasteiger partial charge >= 0.3 is 0 Å². The topological polar surface area (TPSA) is 42.0 Å². The van der Waals surface area contributed by atoms with Crippen molar-refractivity contribution in [2.24, 2.45) is 0 Å². The molecule has 0 fully saturated rings. The van der Waals surface area contributed by atoms with Gasteiger partial charge in [0.25, 0.3) is 5.91 Å². The fourth-order valence-electron chi connectivity index (χ4n) is 1.66. The molecular weight excluding hydrogens is 328 g/mol. The van der Waals surface area contributed by atoms with Gasteiger partial charge in [0.2, 0.25) is 0 Å². The summed E-state index contributed by atoms with van der Waals surface area (Å²) in [5.74, 6) is -0.167. The minimum atomic E-state index is -0.167. The predicted octanol–water partition coefficient (Wildman–Crippen LogP) is 3.99. The second-order valence-electron chi connectivity index (χ2n) is 4.11. The van der Waals surface area contributed by atoms with Gasteiger partial charge < -0.3 is 5.32 Å². The van der Waals surface area contributed by atoms with Crippen LogP contribution in [0.4, 0.5) is 0 Å². The van der Waals surface area contributed by atoms with Gasteiger partial charge in [-0.3, -0.25) is 4.79 Å². The van der Waals surface area contributed by atoms with Gasteiger partial charge in [-0.25, -0.2) is 4.98 Å². The van der Waals surface area contributed by atoms with Gasteiger partial charge in [-0.1, -0.05) is 39.7 Å². The highest BCUT2D eigenvalue weighted by atomic mass is 79.9. The smallest absolute Gasteiger partial charge is 0.251 e. The molecule has 0 aliphatic heterocycles. The molecule has 0 aliphatic rings. The molecule has 1 amide bonds. The number of halogens is 2. The van der Waals surface area contributed by atoms with Crippen LogP contribution < -0.4 is 5.32 Å². The van der Waals surface area contributed by atoms with Crippen molar-refractivity contribution >= 4 is 33.4 Å². The van der Waals surface area contributed by atoms with Gasteiger partial charge in [-0.05, 0) is 36.8 Å². The minimum absolute atomic E-state index is 0.0764. The maximum Gasteiger partial charge on any atom is 0.251 e. The molecule has 0 spiro atoms. The highest BCUT2D eigenvalue weighted by molar-refractivity contribution is 9.10. The second-order valence-corrected chi connectivity index (χ2v) is 5.42. The van der Waals surface area contributed by atoms with Crippen molar-refractivity contribution in [1.82, 2.24) is 10.3 Å². The number of rotatable bonds is 3. The Morgan fingerprint density at radius 3 is 2.63 bits per heavy atom. The molecule has 0 aliphatic carbocycles. The summed E-state index contributed by atoms with van der Waals surface area (Å²) < 4.78 is 1.01. The number of aromatic nitrogens is 1. The van der Waals surface area contributed by atoms with E-state index in [1.54, 1.807) is 12.1 Å². The van der Waals surface area contributed by atoms with Crippen molar-refractivity contribution in [2.75, 3.05) is 0 Å². The Labute approximate surface area is 125 Å². The second kappa shape index (κ2) is 6.17. The van der Waals surface area contributed by atoms with Crippen LogP contribution in [0.15, 0.2) is 47.1 Å². The van der Waals surface area contributed by atoms with Gasteiger partial charge in [-0.15, -0.1) is 0 Å². The highest BCUT2D eigenvalue weighted by Crippen LogP contribution is 2.17. The molecule has 0 saturated heterocycles. The molecule has 2 rings (SSSR count). The van der Waals surface area contributed by atoms with Gasteiger partial charge in [0.15, 0.2) is 0 Å². The molecule has 1 aromatic carbocycles. The van der Waals surface area contributed by atoms with Crippen LogP contribution in [-0.4, -0.2) is 10.9 Å². The third-order valence-corrected chi connectivity index (χ3v) is 3.44. The number of benzene rings is 1. The normalized spacial score (nSPS) is 11.9. The number of pyridine rings is 1. The van der Waals surface area contributed by atoms with Gasteiger partial charge in [0.1, 0.15) is 5.15 Å². The van der Waals surface area contributed by atoms with Crippen LogP contribution in [0.25, 0.3) is 0 Å². The van der Waals surface area contributed by atoms with Crippen molar-refractivity contribution in [3.05, 3.63) is 63.3 Å². The zero-order chi connectivity index (χ0) is 13.8. The minimum Gasteiger partial charge on any atom is -0.346 e. The van der Waals surface area contributed by atoms with Crippen LogP contribution in [0.5, 0.6) is 0 Å². The molecular formula is C14H12BrClN2O. The van der Waals surface area contributed by atoms with Crippen molar-refractivity contribution in [1.29, 1.82) is 0 Å². The van der Waals surface area contributed by atoms with E-state index in [9.17, 15) is 4.79 Å². The van der Waals surface area contributed by atoms with E-state index in [2.05, 4.69) is 26.2 Å². The largest absolute Gasteiger partial charge is 0.346 e. The molecule has 5 heteroatoms. The lowest BCUT2D eigenvalue weighted by Gasteiger charge is -2.14. The zero-order valence-electron chi connectivity index (χ0n) is 10.2. The SMILES string of the molecule is CC(NC(=O)c1ccnc(Cl)c1)c1ccc(Br)cc1. The number of hydrogen-bond acceptors (Lipinski definition) is 2. The highest BCUT2D eigenvalue weighted by Gasteiger charge is 2.11. The maximum absolute atomic E-state index is 12.0. The molecule has 1 heterocycles. The quantitative estimate of drug-likeness (QED) is 0.859. The Bertz CT molecular complexity index is 586. The monoisotopic (exact) mass is 338 g/mol. The lowest BCUT2D eigenvalue weighted by molar-refractivity contribution is 0.0940. The Morgan fingerprint density at radius 2 is 2.00 bits per heavy atom. The first-order chi connectivity index (χ1) is 9.06. The summed E-state index contributed by atoms with van der Waals surface area (Å²) in [6.45, 7) is 1.93. The van der Waals surface area contributed by atoms with Crippen molar-refractivity contribution in [2.45, 2.75) is 13.0 Å². The molecule has 98 valence electrons. The number of nitrogens with zero attached hydrogens (tertiary/aromatic N) is 1. The van der Waals surface area contributed by atoms with Gasteiger partial charge in [0, 0.05) is 16.2 Å². The fourth-order valence-corrected chi connectivity index (χ4v) is 2.10. The predicted molar refractivity (Wildman–Crippen MR) is 79.3 cm³/mol. The van der Waals surface area contributed by atoms with Crippen molar-refractivity contribution in [3.63, 3.8) is 0 Å². The molecule has 1 aromatic heterocycles. The summed E-state index contributed by atoms with van der Waals surface area (Å²) in [6.07, 6.45) is 1.52. The van der Waals surface area contributed by atoms with E-state index in [0.29, 0.717) is 10.7 Å². The average Bonchev–Trinajstić information content (AvgIpc) is 2.39.